The Bertz CT molecular complexity index is 563. The molecule has 0 spiro atoms. The highest BCUT2D eigenvalue weighted by atomic mass is 32.2. The number of benzene rings is 1. The minimum atomic E-state index is -3.82. The zero-order chi connectivity index (χ0) is 14.1. The summed E-state index contributed by atoms with van der Waals surface area (Å²) in [7, 11) is -2.55. The van der Waals surface area contributed by atoms with Crippen LogP contribution in [0.4, 0.5) is 0 Å². The van der Waals surface area contributed by atoms with Crippen molar-refractivity contribution in [2.45, 2.75) is 31.2 Å². The van der Waals surface area contributed by atoms with Crippen molar-refractivity contribution in [2.24, 2.45) is 0 Å². The molecule has 0 saturated carbocycles. The van der Waals surface area contributed by atoms with Crippen molar-refractivity contribution in [2.75, 3.05) is 7.05 Å². The number of sulfonamides is 1. The van der Waals surface area contributed by atoms with Gasteiger partial charge in [0.05, 0.1) is 4.90 Å². The Morgan fingerprint density at radius 3 is 2.22 bits per heavy atom. The summed E-state index contributed by atoms with van der Waals surface area (Å²) in [6, 6.07) is 6.49. The van der Waals surface area contributed by atoms with Crippen LogP contribution >= 0.6 is 0 Å². The van der Waals surface area contributed by atoms with Crippen molar-refractivity contribution >= 4 is 16.0 Å². The van der Waals surface area contributed by atoms with Crippen molar-refractivity contribution < 1.29 is 18.3 Å². The Labute approximate surface area is 107 Å². The highest BCUT2D eigenvalue weighted by Gasteiger charge is 2.40. The molecule has 0 aliphatic rings. The Kier molecular flexibility index (Phi) is 3.83. The maximum absolute atomic E-state index is 12.4. The van der Waals surface area contributed by atoms with Gasteiger partial charge in [0.25, 0.3) is 0 Å². The van der Waals surface area contributed by atoms with Gasteiger partial charge in [0.1, 0.15) is 5.54 Å². The number of nitrogens with zero attached hydrogens (tertiary/aromatic N) is 1. The van der Waals surface area contributed by atoms with Gasteiger partial charge in [0.2, 0.25) is 10.0 Å². The fourth-order valence-electron chi connectivity index (χ4n) is 1.43. The average Bonchev–Trinajstić information content (AvgIpc) is 2.28. The molecule has 0 unspecified atom stereocenters. The predicted molar refractivity (Wildman–Crippen MR) is 67.8 cm³/mol. The highest BCUT2D eigenvalue weighted by Crippen LogP contribution is 2.25. The van der Waals surface area contributed by atoms with Gasteiger partial charge in [0.15, 0.2) is 0 Å². The topological polar surface area (TPSA) is 74.7 Å². The summed E-state index contributed by atoms with van der Waals surface area (Å²) in [6.45, 7) is 4.38. The number of carbonyl (C=O) groups is 1. The van der Waals surface area contributed by atoms with Gasteiger partial charge in [-0.1, -0.05) is 18.2 Å². The fraction of sp³-hybridized carbons (Fsp3) is 0.417. The van der Waals surface area contributed by atoms with E-state index in [1.54, 1.807) is 25.1 Å². The van der Waals surface area contributed by atoms with Gasteiger partial charge in [-0.05, 0) is 32.4 Å². The van der Waals surface area contributed by atoms with E-state index in [0.29, 0.717) is 5.56 Å². The number of rotatable bonds is 4. The van der Waals surface area contributed by atoms with Crippen LogP contribution in [0.3, 0.4) is 0 Å². The van der Waals surface area contributed by atoms with Gasteiger partial charge in [-0.25, -0.2) is 8.42 Å². The van der Waals surface area contributed by atoms with Crippen molar-refractivity contribution in [3.8, 4) is 0 Å². The number of likely N-dealkylation sites (N-methyl/N-ethyl adjacent to an activating group) is 1. The number of aryl methyl sites for hydroxylation is 1. The zero-order valence-electron chi connectivity index (χ0n) is 10.8. The Hall–Kier alpha value is -1.40. The van der Waals surface area contributed by atoms with Crippen LogP contribution in [-0.2, 0) is 14.8 Å². The maximum atomic E-state index is 12.4. The Balaban J connectivity index is 3.33. The molecule has 6 heteroatoms. The summed E-state index contributed by atoms with van der Waals surface area (Å²) in [6.07, 6.45) is 0. The minimum absolute atomic E-state index is 0.127. The predicted octanol–water partition coefficient (Wildman–Crippen LogP) is 1.48. The third-order valence-electron chi connectivity index (χ3n) is 3.04. The number of carboxylic acids is 1. The first-order valence-corrected chi connectivity index (χ1v) is 6.84. The molecular weight excluding hydrogens is 254 g/mol. The molecule has 0 bridgehead atoms. The molecular formula is C12H17NO4S. The highest BCUT2D eigenvalue weighted by molar-refractivity contribution is 7.89. The quantitative estimate of drug-likeness (QED) is 0.900. The zero-order valence-corrected chi connectivity index (χ0v) is 11.7. The van der Waals surface area contributed by atoms with Gasteiger partial charge in [-0.15, -0.1) is 0 Å². The SMILES string of the molecule is Cc1ccccc1S(=O)(=O)N(C)C(C)(C)C(=O)O. The molecule has 100 valence electrons. The molecule has 0 amide bonds. The number of aliphatic carboxylic acids is 1. The van der Waals surface area contributed by atoms with Crippen LogP contribution in [-0.4, -0.2) is 36.4 Å². The molecule has 5 nitrogen and oxygen atoms in total. The monoisotopic (exact) mass is 271 g/mol. The molecule has 1 aromatic carbocycles. The number of carboxylic acid groups (broad SMARTS) is 1. The van der Waals surface area contributed by atoms with E-state index < -0.39 is 21.5 Å². The molecule has 0 atom stereocenters. The maximum Gasteiger partial charge on any atom is 0.324 e. The van der Waals surface area contributed by atoms with E-state index in [4.69, 9.17) is 5.11 Å². The van der Waals surface area contributed by atoms with Crippen molar-refractivity contribution in [1.82, 2.24) is 4.31 Å². The van der Waals surface area contributed by atoms with E-state index in [2.05, 4.69) is 0 Å². The van der Waals surface area contributed by atoms with Crippen LogP contribution in [0.2, 0.25) is 0 Å². The molecule has 0 heterocycles. The fourth-order valence-corrected chi connectivity index (χ4v) is 3.13. The van der Waals surface area contributed by atoms with Gasteiger partial charge in [-0.3, -0.25) is 4.79 Å². The van der Waals surface area contributed by atoms with Crippen LogP contribution in [0.15, 0.2) is 29.2 Å². The smallest absolute Gasteiger partial charge is 0.324 e. The van der Waals surface area contributed by atoms with Gasteiger partial charge in [0, 0.05) is 7.05 Å². The molecule has 1 N–H and O–H groups in total. The summed E-state index contributed by atoms with van der Waals surface area (Å²) >= 11 is 0. The molecule has 0 aromatic heterocycles. The van der Waals surface area contributed by atoms with Gasteiger partial charge >= 0.3 is 5.97 Å². The summed E-state index contributed by atoms with van der Waals surface area (Å²) in [4.78, 5) is 11.2. The standard InChI is InChI=1S/C12H17NO4S/c1-9-7-5-6-8-10(9)18(16,17)13(4)12(2,3)11(14)15/h5-8H,1-4H3,(H,14,15). The molecule has 0 aliphatic carbocycles. The third-order valence-corrected chi connectivity index (χ3v) is 5.23. The third kappa shape index (κ3) is 2.39. The molecule has 1 aromatic rings. The van der Waals surface area contributed by atoms with Crippen LogP contribution in [0.1, 0.15) is 19.4 Å². The van der Waals surface area contributed by atoms with E-state index in [0.717, 1.165) is 4.31 Å². The summed E-state index contributed by atoms with van der Waals surface area (Å²) < 4.78 is 25.6. The van der Waals surface area contributed by atoms with E-state index in [1.165, 1.54) is 27.0 Å². The van der Waals surface area contributed by atoms with Crippen molar-refractivity contribution in [1.29, 1.82) is 0 Å². The van der Waals surface area contributed by atoms with Crippen molar-refractivity contribution in [3.05, 3.63) is 29.8 Å². The second-order valence-electron chi connectivity index (χ2n) is 4.60. The summed E-state index contributed by atoms with van der Waals surface area (Å²) in [5.74, 6) is -1.19. The largest absolute Gasteiger partial charge is 0.480 e. The van der Waals surface area contributed by atoms with Gasteiger partial charge < -0.3 is 5.11 Å². The summed E-state index contributed by atoms with van der Waals surface area (Å²) in [5.41, 5.74) is -0.910. The number of hydrogen-bond donors (Lipinski definition) is 1. The van der Waals surface area contributed by atoms with Crippen LogP contribution in [0.25, 0.3) is 0 Å². The molecule has 1 rings (SSSR count). The van der Waals surface area contributed by atoms with E-state index >= 15 is 0 Å². The lowest BCUT2D eigenvalue weighted by molar-refractivity contribution is -0.145. The Morgan fingerprint density at radius 1 is 1.28 bits per heavy atom. The first-order chi connectivity index (χ1) is 8.11. The lowest BCUT2D eigenvalue weighted by Gasteiger charge is -2.30. The second-order valence-corrected chi connectivity index (χ2v) is 6.54. The van der Waals surface area contributed by atoms with Crippen LogP contribution < -0.4 is 0 Å². The van der Waals surface area contributed by atoms with Gasteiger partial charge in [-0.2, -0.15) is 4.31 Å². The Morgan fingerprint density at radius 2 is 1.78 bits per heavy atom. The molecule has 18 heavy (non-hydrogen) atoms. The lowest BCUT2D eigenvalue weighted by atomic mass is 10.1. The molecule has 0 fully saturated rings. The van der Waals surface area contributed by atoms with E-state index in [-0.39, 0.29) is 4.90 Å². The summed E-state index contributed by atoms with van der Waals surface area (Å²) in [5, 5.41) is 9.09. The average molecular weight is 271 g/mol. The van der Waals surface area contributed by atoms with E-state index in [1.807, 2.05) is 0 Å². The molecule has 0 radical (unpaired) electrons. The lowest BCUT2D eigenvalue weighted by Crippen LogP contribution is -2.50. The van der Waals surface area contributed by atoms with E-state index in [9.17, 15) is 13.2 Å². The van der Waals surface area contributed by atoms with Crippen LogP contribution in [0.5, 0.6) is 0 Å². The first kappa shape index (κ1) is 14.7. The molecule has 0 saturated heterocycles. The van der Waals surface area contributed by atoms with Crippen LogP contribution in [0, 0.1) is 6.92 Å². The second kappa shape index (κ2) is 4.70. The first-order valence-electron chi connectivity index (χ1n) is 5.40. The normalized spacial score (nSPS) is 12.7. The molecule has 0 aliphatic heterocycles. The van der Waals surface area contributed by atoms with Crippen molar-refractivity contribution in [3.63, 3.8) is 0 Å². The minimum Gasteiger partial charge on any atom is -0.480 e. The number of hydrogen-bond acceptors (Lipinski definition) is 3.